The van der Waals surface area contributed by atoms with E-state index in [0.717, 1.165) is 24.3 Å². The number of pyridine rings is 1. The summed E-state index contributed by atoms with van der Waals surface area (Å²) >= 11 is 5.70. The first-order valence-electron chi connectivity index (χ1n) is 8.04. The number of anilines is 1. The van der Waals surface area contributed by atoms with E-state index >= 15 is 0 Å². The molecule has 1 unspecified atom stereocenters. The van der Waals surface area contributed by atoms with Gasteiger partial charge in [0.2, 0.25) is 10.0 Å². The van der Waals surface area contributed by atoms with Crippen LogP contribution in [0.15, 0.2) is 47.5 Å². The summed E-state index contributed by atoms with van der Waals surface area (Å²) in [6, 6.07) is 7.25. The van der Waals surface area contributed by atoms with Gasteiger partial charge in [-0.1, -0.05) is 11.6 Å². The molecule has 0 bridgehead atoms. The number of carbonyl (C=O) groups excluding carboxylic acids is 2. The zero-order valence-corrected chi connectivity index (χ0v) is 16.3. The zero-order valence-electron chi connectivity index (χ0n) is 14.7. The third-order valence-corrected chi connectivity index (χ3v) is 5.10. The molecule has 150 valence electrons. The van der Waals surface area contributed by atoms with Gasteiger partial charge in [0.05, 0.1) is 16.3 Å². The predicted octanol–water partition coefficient (Wildman–Crippen LogP) is 2.11. The van der Waals surface area contributed by atoms with Gasteiger partial charge in [-0.05, 0) is 43.3 Å². The van der Waals surface area contributed by atoms with E-state index in [1.165, 1.54) is 25.3 Å². The molecule has 0 saturated carbocycles. The second-order valence-corrected chi connectivity index (χ2v) is 7.79. The van der Waals surface area contributed by atoms with Gasteiger partial charge in [-0.2, -0.15) is 0 Å². The summed E-state index contributed by atoms with van der Waals surface area (Å²) in [4.78, 5) is 27.5. The van der Waals surface area contributed by atoms with Crippen LogP contribution in [0.5, 0.6) is 0 Å². The molecule has 1 aromatic heterocycles. The van der Waals surface area contributed by atoms with E-state index < -0.39 is 33.8 Å². The Morgan fingerprint density at radius 2 is 1.89 bits per heavy atom. The number of sulfonamides is 1. The summed E-state index contributed by atoms with van der Waals surface area (Å²) in [5.74, 6) is -1.70. The maximum absolute atomic E-state index is 12.9. The average Bonchev–Trinajstić information content (AvgIpc) is 2.63. The maximum Gasteiger partial charge on any atom is 0.307 e. The molecule has 11 heteroatoms. The SMILES string of the molecule is CC(OC(=O)CCNS(=O)(=O)c1ccc(F)cc1)C(=O)Nc1ccc(Cl)cn1. The number of hydrogen-bond donors (Lipinski definition) is 2. The normalized spacial score (nSPS) is 12.2. The second kappa shape index (κ2) is 9.58. The molecule has 2 aromatic rings. The molecule has 0 aliphatic carbocycles. The second-order valence-electron chi connectivity index (χ2n) is 5.58. The Bertz CT molecular complexity index is 936. The average molecular weight is 430 g/mol. The van der Waals surface area contributed by atoms with E-state index in [1.807, 2.05) is 0 Å². The van der Waals surface area contributed by atoms with E-state index in [1.54, 1.807) is 0 Å². The van der Waals surface area contributed by atoms with Crippen LogP contribution in [0.2, 0.25) is 5.02 Å². The minimum absolute atomic E-state index is 0.134. The first-order valence-corrected chi connectivity index (χ1v) is 9.90. The van der Waals surface area contributed by atoms with Gasteiger partial charge in [0.15, 0.2) is 6.10 Å². The molecule has 1 atom stereocenters. The van der Waals surface area contributed by atoms with E-state index in [0.29, 0.717) is 5.02 Å². The van der Waals surface area contributed by atoms with Crippen molar-refractivity contribution in [3.05, 3.63) is 53.4 Å². The topological polar surface area (TPSA) is 114 Å². The molecule has 0 aliphatic rings. The molecule has 0 fully saturated rings. The number of amides is 1. The quantitative estimate of drug-likeness (QED) is 0.621. The fourth-order valence-electron chi connectivity index (χ4n) is 1.97. The Morgan fingerprint density at radius 3 is 2.50 bits per heavy atom. The van der Waals surface area contributed by atoms with Crippen molar-refractivity contribution in [3.63, 3.8) is 0 Å². The van der Waals surface area contributed by atoms with Gasteiger partial charge in [0, 0.05) is 12.7 Å². The van der Waals surface area contributed by atoms with Crippen molar-refractivity contribution in [1.29, 1.82) is 0 Å². The molecule has 28 heavy (non-hydrogen) atoms. The number of halogens is 2. The van der Waals surface area contributed by atoms with Crippen LogP contribution in [0.1, 0.15) is 13.3 Å². The number of benzene rings is 1. The Balaban J connectivity index is 1.78. The zero-order chi connectivity index (χ0) is 20.7. The van der Waals surface area contributed by atoms with Gasteiger partial charge in [0.25, 0.3) is 5.91 Å². The molecule has 1 amide bonds. The number of carbonyl (C=O) groups is 2. The van der Waals surface area contributed by atoms with Gasteiger partial charge in [-0.3, -0.25) is 9.59 Å². The molecular formula is C17H17ClFN3O5S. The van der Waals surface area contributed by atoms with Crippen LogP contribution in [-0.2, 0) is 24.3 Å². The van der Waals surface area contributed by atoms with Crippen molar-refractivity contribution >= 4 is 39.3 Å². The fraction of sp³-hybridized carbons (Fsp3) is 0.235. The molecule has 0 aliphatic heterocycles. The lowest BCUT2D eigenvalue weighted by atomic mass is 10.3. The number of ether oxygens (including phenoxy) is 1. The highest BCUT2D eigenvalue weighted by Gasteiger charge is 2.19. The van der Waals surface area contributed by atoms with Crippen molar-refractivity contribution in [3.8, 4) is 0 Å². The van der Waals surface area contributed by atoms with Crippen LogP contribution < -0.4 is 10.0 Å². The lowest BCUT2D eigenvalue weighted by Gasteiger charge is -2.13. The van der Waals surface area contributed by atoms with Gasteiger partial charge in [0.1, 0.15) is 11.6 Å². The third-order valence-electron chi connectivity index (χ3n) is 3.40. The molecular weight excluding hydrogens is 413 g/mol. The fourth-order valence-corrected chi connectivity index (χ4v) is 3.12. The van der Waals surface area contributed by atoms with Crippen LogP contribution in [0.4, 0.5) is 10.2 Å². The van der Waals surface area contributed by atoms with Crippen LogP contribution >= 0.6 is 11.6 Å². The van der Waals surface area contributed by atoms with Crippen molar-refractivity contribution in [1.82, 2.24) is 9.71 Å². The number of esters is 1. The lowest BCUT2D eigenvalue weighted by molar-refractivity contribution is -0.152. The van der Waals surface area contributed by atoms with Crippen molar-refractivity contribution < 1.29 is 27.1 Å². The van der Waals surface area contributed by atoms with Gasteiger partial charge in [-0.25, -0.2) is 22.5 Å². The van der Waals surface area contributed by atoms with E-state index in [4.69, 9.17) is 16.3 Å². The molecule has 0 saturated heterocycles. The number of hydrogen-bond acceptors (Lipinski definition) is 6. The Morgan fingerprint density at radius 1 is 1.21 bits per heavy atom. The highest BCUT2D eigenvalue weighted by atomic mass is 35.5. The summed E-state index contributed by atoms with van der Waals surface area (Å²) in [6.07, 6.45) is -0.0584. The van der Waals surface area contributed by atoms with E-state index in [9.17, 15) is 22.4 Å². The van der Waals surface area contributed by atoms with Crippen LogP contribution in [0.3, 0.4) is 0 Å². The van der Waals surface area contributed by atoms with Crippen LogP contribution in [0.25, 0.3) is 0 Å². The minimum Gasteiger partial charge on any atom is -0.452 e. The lowest BCUT2D eigenvalue weighted by Crippen LogP contribution is -2.32. The standard InChI is InChI=1S/C17H17ClFN3O5S/c1-11(17(24)22-15-7-2-12(18)10-20-15)27-16(23)8-9-21-28(25,26)14-5-3-13(19)4-6-14/h2-7,10-11,21H,8-9H2,1H3,(H,20,22,24). The largest absolute Gasteiger partial charge is 0.452 e. The Hall–Kier alpha value is -2.56. The predicted molar refractivity (Wildman–Crippen MR) is 99.6 cm³/mol. The van der Waals surface area contributed by atoms with E-state index in [2.05, 4.69) is 15.0 Å². The van der Waals surface area contributed by atoms with Crippen LogP contribution in [-0.4, -0.2) is 37.9 Å². The molecule has 1 aromatic carbocycles. The smallest absolute Gasteiger partial charge is 0.307 e. The van der Waals surface area contributed by atoms with Crippen molar-refractivity contribution in [2.45, 2.75) is 24.3 Å². The van der Waals surface area contributed by atoms with Gasteiger partial charge >= 0.3 is 5.97 Å². The molecule has 0 radical (unpaired) electrons. The highest BCUT2D eigenvalue weighted by Crippen LogP contribution is 2.11. The summed E-state index contributed by atoms with van der Waals surface area (Å²) in [6.45, 7) is 1.12. The molecule has 2 N–H and O–H groups in total. The molecule has 2 rings (SSSR count). The van der Waals surface area contributed by atoms with Crippen molar-refractivity contribution in [2.24, 2.45) is 0 Å². The summed E-state index contributed by atoms with van der Waals surface area (Å²) < 4.78 is 44.0. The van der Waals surface area contributed by atoms with Gasteiger partial charge < -0.3 is 10.1 Å². The summed E-state index contributed by atoms with van der Waals surface area (Å²) in [5, 5.41) is 2.86. The third kappa shape index (κ3) is 6.55. The summed E-state index contributed by atoms with van der Waals surface area (Å²) in [5.41, 5.74) is 0. The molecule has 1 heterocycles. The first-order chi connectivity index (χ1) is 13.2. The number of rotatable bonds is 8. The first kappa shape index (κ1) is 21.7. The molecule has 0 spiro atoms. The summed E-state index contributed by atoms with van der Waals surface area (Å²) in [7, 11) is -3.88. The maximum atomic E-state index is 12.9. The number of nitrogens with one attached hydrogen (secondary N) is 2. The van der Waals surface area contributed by atoms with Gasteiger partial charge in [-0.15, -0.1) is 0 Å². The van der Waals surface area contributed by atoms with E-state index in [-0.39, 0.29) is 23.7 Å². The number of nitrogens with zero attached hydrogens (tertiary/aromatic N) is 1. The highest BCUT2D eigenvalue weighted by molar-refractivity contribution is 7.89. The monoisotopic (exact) mass is 429 g/mol. The molecule has 8 nitrogen and oxygen atoms in total. The number of aromatic nitrogens is 1. The Labute approximate surface area is 166 Å². The Kier molecular flexibility index (Phi) is 7.44. The minimum atomic E-state index is -3.88. The van der Waals surface area contributed by atoms with Crippen LogP contribution in [0, 0.1) is 5.82 Å². The van der Waals surface area contributed by atoms with Crippen molar-refractivity contribution in [2.75, 3.05) is 11.9 Å².